The highest BCUT2D eigenvalue weighted by molar-refractivity contribution is 9.10. The Bertz CT molecular complexity index is 1310. The number of imide groups is 2. The molecule has 4 amide bonds. The van der Waals surface area contributed by atoms with Gasteiger partial charge in [0.15, 0.2) is 0 Å². The molecule has 0 aliphatic carbocycles. The second-order valence-corrected chi connectivity index (χ2v) is 8.33. The van der Waals surface area contributed by atoms with E-state index < -0.39 is 17.8 Å². The number of halogens is 3. The summed E-state index contributed by atoms with van der Waals surface area (Å²) in [7, 11) is 0. The molecule has 0 unspecified atom stereocenters. The fourth-order valence-corrected chi connectivity index (χ4v) is 3.82. The molecule has 1 heterocycles. The van der Waals surface area contributed by atoms with Crippen LogP contribution < -0.4 is 15.0 Å². The van der Waals surface area contributed by atoms with Gasteiger partial charge >= 0.3 is 6.03 Å². The van der Waals surface area contributed by atoms with Crippen LogP contribution in [-0.4, -0.2) is 17.8 Å². The molecular formula is C24H15BrClFN2O4. The lowest BCUT2D eigenvalue weighted by atomic mass is 10.1. The second kappa shape index (κ2) is 9.56. The molecule has 1 fully saturated rings. The minimum atomic E-state index is -0.896. The van der Waals surface area contributed by atoms with Crippen LogP contribution in [0.5, 0.6) is 5.75 Å². The number of ether oxygens (including phenoxy) is 1. The maximum atomic E-state index is 13.5. The average molecular weight is 530 g/mol. The van der Waals surface area contributed by atoms with E-state index in [9.17, 15) is 18.8 Å². The molecule has 0 aromatic heterocycles. The molecule has 33 heavy (non-hydrogen) atoms. The van der Waals surface area contributed by atoms with Crippen LogP contribution in [0.1, 0.15) is 11.1 Å². The molecule has 1 aliphatic rings. The Kier molecular flexibility index (Phi) is 6.57. The van der Waals surface area contributed by atoms with Gasteiger partial charge < -0.3 is 4.74 Å². The molecule has 1 N–H and O–H groups in total. The van der Waals surface area contributed by atoms with Crippen molar-refractivity contribution in [3.8, 4) is 5.75 Å². The van der Waals surface area contributed by atoms with Crippen molar-refractivity contribution in [1.82, 2.24) is 5.32 Å². The van der Waals surface area contributed by atoms with E-state index in [2.05, 4.69) is 21.2 Å². The van der Waals surface area contributed by atoms with Gasteiger partial charge in [-0.3, -0.25) is 14.9 Å². The van der Waals surface area contributed by atoms with Gasteiger partial charge in [-0.25, -0.2) is 14.1 Å². The highest BCUT2D eigenvalue weighted by atomic mass is 79.9. The highest BCUT2D eigenvalue weighted by Gasteiger charge is 2.37. The molecule has 0 atom stereocenters. The zero-order chi connectivity index (χ0) is 23.5. The Balaban J connectivity index is 1.69. The number of rotatable bonds is 5. The molecule has 4 rings (SSSR count). The standard InChI is InChI=1S/C24H15BrClFN2O4/c25-16-8-9-21(33-13-14-4-3-5-17(27)10-14)15(11-16)12-18-22(30)28-24(32)29(23(18)31)20-7-2-1-6-19(20)26/h1-12H,13H2,(H,28,30,32)/b18-12+. The number of barbiturate groups is 1. The highest BCUT2D eigenvalue weighted by Crippen LogP contribution is 2.31. The fraction of sp³-hybridized carbons (Fsp3) is 0.0417. The van der Waals surface area contributed by atoms with E-state index in [-0.39, 0.29) is 28.7 Å². The van der Waals surface area contributed by atoms with Gasteiger partial charge in [-0.05, 0) is 54.1 Å². The van der Waals surface area contributed by atoms with Gasteiger partial charge in [0.25, 0.3) is 11.8 Å². The molecule has 9 heteroatoms. The normalized spacial score (nSPS) is 15.1. The third-order valence-corrected chi connectivity index (χ3v) is 5.56. The molecule has 6 nitrogen and oxygen atoms in total. The first kappa shape index (κ1) is 22.7. The summed E-state index contributed by atoms with van der Waals surface area (Å²) in [6.07, 6.45) is 1.33. The Labute approximate surface area is 201 Å². The van der Waals surface area contributed by atoms with Crippen LogP contribution in [-0.2, 0) is 16.2 Å². The Morgan fingerprint density at radius 2 is 1.82 bits per heavy atom. The Morgan fingerprint density at radius 1 is 1.03 bits per heavy atom. The maximum Gasteiger partial charge on any atom is 0.335 e. The summed E-state index contributed by atoms with van der Waals surface area (Å²) in [6, 6.07) is 16.4. The summed E-state index contributed by atoms with van der Waals surface area (Å²) in [4.78, 5) is 38.9. The molecule has 0 saturated carbocycles. The Morgan fingerprint density at radius 3 is 2.58 bits per heavy atom. The average Bonchev–Trinajstić information content (AvgIpc) is 2.77. The lowest BCUT2D eigenvalue weighted by Gasteiger charge is -2.27. The summed E-state index contributed by atoms with van der Waals surface area (Å²) >= 11 is 9.52. The van der Waals surface area contributed by atoms with E-state index >= 15 is 0 Å². The van der Waals surface area contributed by atoms with Crippen LogP contribution in [0.3, 0.4) is 0 Å². The number of hydrogen-bond acceptors (Lipinski definition) is 4. The topological polar surface area (TPSA) is 75.7 Å². The van der Waals surface area contributed by atoms with E-state index in [1.54, 1.807) is 42.5 Å². The van der Waals surface area contributed by atoms with Gasteiger partial charge in [-0.2, -0.15) is 0 Å². The lowest BCUT2D eigenvalue weighted by molar-refractivity contribution is -0.122. The van der Waals surface area contributed by atoms with Crippen LogP contribution in [0, 0.1) is 5.82 Å². The van der Waals surface area contributed by atoms with Crippen molar-refractivity contribution >= 4 is 57.1 Å². The predicted molar refractivity (Wildman–Crippen MR) is 125 cm³/mol. The van der Waals surface area contributed by atoms with Crippen molar-refractivity contribution in [3.63, 3.8) is 0 Å². The number of urea groups is 1. The molecule has 0 radical (unpaired) electrons. The number of carbonyl (C=O) groups excluding carboxylic acids is 3. The predicted octanol–water partition coefficient (Wildman–Crippen LogP) is 5.49. The zero-order valence-electron chi connectivity index (χ0n) is 16.8. The van der Waals surface area contributed by atoms with Gasteiger partial charge in [0, 0.05) is 10.0 Å². The molecule has 1 aliphatic heterocycles. The van der Waals surface area contributed by atoms with Gasteiger partial charge in [0.2, 0.25) is 0 Å². The molecule has 0 bridgehead atoms. The number of anilines is 1. The van der Waals surface area contributed by atoms with E-state index in [4.69, 9.17) is 16.3 Å². The van der Waals surface area contributed by atoms with Crippen molar-refractivity contribution in [3.05, 3.63) is 98.7 Å². The van der Waals surface area contributed by atoms with Crippen molar-refractivity contribution < 1.29 is 23.5 Å². The number of carbonyl (C=O) groups is 3. The monoisotopic (exact) mass is 528 g/mol. The van der Waals surface area contributed by atoms with Gasteiger partial charge in [-0.1, -0.05) is 51.8 Å². The van der Waals surface area contributed by atoms with Crippen LogP contribution >= 0.6 is 27.5 Å². The lowest BCUT2D eigenvalue weighted by Crippen LogP contribution is -2.54. The summed E-state index contributed by atoms with van der Waals surface area (Å²) in [5.41, 5.74) is 0.895. The number of amides is 4. The van der Waals surface area contributed by atoms with Crippen LogP contribution in [0.25, 0.3) is 6.08 Å². The summed E-state index contributed by atoms with van der Waals surface area (Å²) < 4.78 is 20.0. The number of nitrogens with one attached hydrogen (secondary N) is 1. The van der Waals surface area contributed by atoms with Crippen LogP contribution in [0.4, 0.5) is 14.9 Å². The molecule has 3 aromatic rings. The first-order valence-electron chi connectivity index (χ1n) is 9.66. The minimum absolute atomic E-state index is 0.0694. The number of nitrogens with zero attached hydrogens (tertiary/aromatic N) is 1. The maximum absolute atomic E-state index is 13.5. The summed E-state index contributed by atoms with van der Waals surface area (Å²) in [5.74, 6) is -1.70. The van der Waals surface area contributed by atoms with Crippen LogP contribution in [0.15, 0.2) is 76.8 Å². The van der Waals surface area contributed by atoms with E-state index in [0.29, 0.717) is 21.3 Å². The van der Waals surface area contributed by atoms with Gasteiger partial charge in [0.05, 0.1) is 10.7 Å². The second-order valence-electron chi connectivity index (χ2n) is 7.01. The molecule has 3 aromatic carbocycles. The SMILES string of the molecule is O=C1NC(=O)N(c2ccccc2Cl)C(=O)/C1=C/c1cc(Br)ccc1OCc1cccc(F)c1. The summed E-state index contributed by atoms with van der Waals surface area (Å²) in [6.45, 7) is 0.0694. The first-order chi connectivity index (χ1) is 15.8. The summed E-state index contributed by atoms with van der Waals surface area (Å²) in [5, 5.41) is 2.34. The largest absolute Gasteiger partial charge is 0.488 e. The smallest absolute Gasteiger partial charge is 0.335 e. The van der Waals surface area contributed by atoms with Gasteiger partial charge in [0.1, 0.15) is 23.7 Å². The third kappa shape index (κ3) is 4.97. The number of para-hydroxylation sites is 1. The van der Waals surface area contributed by atoms with Crippen molar-refractivity contribution in [1.29, 1.82) is 0 Å². The minimum Gasteiger partial charge on any atom is -0.488 e. The van der Waals surface area contributed by atoms with Crippen molar-refractivity contribution in [2.75, 3.05) is 4.90 Å². The van der Waals surface area contributed by atoms with Crippen molar-refractivity contribution in [2.24, 2.45) is 0 Å². The Hall–Kier alpha value is -3.49. The van der Waals surface area contributed by atoms with Crippen molar-refractivity contribution in [2.45, 2.75) is 6.61 Å². The van der Waals surface area contributed by atoms with Gasteiger partial charge in [-0.15, -0.1) is 0 Å². The number of hydrogen-bond donors (Lipinski definition) is 1. The molecular weight excluding hydrogens is 515 g/mol. The van der Waals surface area contributed by atoms with E-state index in [0.717, 1.165) is 4.90 Å². The third-order valence-electron chi connectivity index (χ3n) is 4.75. The van der Waals surface area contributed by atoms with E-state index in [1.165, 1.54) is 30.3 Å². The first-order valence-corrected chi connectivity index (χ1v) is 10.8. The molecule has 0 spiro atoms. The molecule has 166 valence electrons. The molecule has 1 saturated heterocycles. The van der Waals surface area contributed by atoms with E-state index in [1.807, 2.05) is 0 Å². The fourth-order valence-electron chi connectivity index (χ4n) is 3.22. The quantitative estimate of drug-likeness (QED) is 0.350. The number of benzene rings is 3. The zero-order valence-corrected chi connectivity index (χ0v) is 19.2. The van der Waals surface area contributed by atoms with Crippen LogP contribution in [0.2, 0.25) is 5.02 Å².